The molecule has 0 fully saturated rings. The standard InChI is InChI=1S/C21H26N2O3/c1-23(2)18(20-7-4-12-26-20)14-22-21(25)11-10-19(24)17-9-8-15-5-3-6-16(15)13-17/h4,7-9,12-13,18H,3,5-6,10-11,14H2,1-2H3,(H,22,25). The number of amides is 1. The molecule has 26 heavy (non-hydrogen) atoms. The second kappa shape index (κ2) is 8.32. The fourth-order valence-electron chi connectivity index (χ4n) is 3.43. The molecule has 1 amide bonds. The summed E-state index contributed by atoms with van der Waals surface area (Å²) < 4.78 is 5.43. The predicted molar refractivity (Wildman–Crippen MR) is 100 cm³/mol. The fraction of sp³-hybridized carbons (Fsp3) is 0.429. The summed E-state index contributed by atoms with van der Waals surface area (Å²) in [6.07, 6.45) is 5.39. The summed E-state index contributed by atoms with van der Waals surface area (Å²) in [5, 5.41) is 2.91. The lowest BCUT2D eigenvalue weighted by atomic mass is 10.0. The van der Waals surface area contributed by atoms with Gasteiger partial charge in [0.2, 0.25) is 5.91 Å². The third kappa shape index (κ3) is 4.41. The number of aryl methyl sites for hydroxylation is 2. The molecule has 1 heterocycles. The number of Topliss-reactive ketones (excluding diaryl/α,β-unsaturated/α-hetero) is 1. The molecule has 1 aliphatic rings. The summed E-state index contributed by atoms with van der Waals surface area (Å²) in [5.74, 6) is 0.729. The van der Waals surface area contributed by atoms with Crippen LogP contribution in [0.25, 0.3) is 0 Å². The van der Waals surface area contributed by atoms with Gasteiger partial charge in [0.1, 0.15) is 5.76 Å². The van der Waals surface area contributed by atoms with Crippen molar-refractivity contribution in [2.24, 2.45) is 0 Å². The van der Waals surface area contributed by atoms with Crippen molar-refractivity contribution in [1.82, 2.24) is 10.2 Å². The number of likely N-dealkylation sites (N-methyl/N-ethyl adjacent to an activating group) is 1. The Labute approximate surface area is 154 Å². The molecule has 5 heteroatoms. The van der Waals surface area contributed by atoms with Crippen LogP contribution >= 0.6 is 0 Å². The summed E-state index contributed by atoms with van der Waals surface area (Å²) in [6.45, 7) is 0.451. The molecule has 0 radical (unpaired) electrons. The first-order valence-corrected chi connectivity index (χ1v) is 9.16. The number of furan rings is 1. The first-order valence-electron chi connectivity index (χ1n) is 9.16. The van der Waals surface area contributed by atoms with Gasteiger partial charge in [-0.05, 0) is 62.7 Å². The fourth-order valence-corrected chi connectivity index (χ4v) is 3.43. The zero-order chi connectivity index (χ0) is 18.5. The molecule has 0 bridgehead atoms. The van der Waals surface area contributed by atoms with Crippen molar-refractivity contribution in [1.29, 1.82) is 0 Å². The number of carbonyl (C=O) groups is 2. The van der Waals surface area contributed by atoms with Gasteiger partial charge in [-0.25, -0.2) is 0 Å². The average Bonchev–Trinajstić information content (AvgIpc) is 3.30. The van der Waals surface area contributed by atoms with Gasteiger partial charge in [0.25, 0.3) is 0 Å². The summed E-state index contributed by atoms with van der Waals surface area (Å²) in [7, 11) is 3.88. The van der Waals surface area contributed by atoms with E-state index in [1.165, 1.54) is 11.1 Å². The Hall–Kier alpha value is -2.40. The minimum atomic E-state index is -0.113. The molecule has 1 aromatic carbocycles. The van der Waals surface area contributed by atoms with Crippen LogP contribution < -0.4 is 5.32 Å². The third-order valence-electron chi connectivity index (χ3n) is 4.99. The van der Waals surface area contributed by atoms with E-state index in [-0.39, 0.29) is 30.6 Å². The molecular formula is C21H26N2O3. The van der Waals surface area contributed by atoms with E-state index in [1.54, 1.807) is 6.26 Å². The van der Waals surface area contributed by atoms with Crippen molar-refractivity contribution in [3.8, 4) is 0 Å². The summed E-state index contributed by atoms with van der Waals surface area (Å²) in [4.78, 5) is 26.5. The maximum atomic E-state index is 12.4. The molecule has 1 atom stereocenters. The van der Waals surface area contributed by atoms with E-state index in [2.05, 4.69) is 11.4 Å². The Morgan fingerprint density at radius 1 is 1.15 bits per heavy atom. The molecular weight excluding hydrogens is 328 g/mol. The highest BCUT2D eigenvalue weighted by Gasteiger charge is 2.19. The molecule has 0 aliphatic heterocycles. The molecule has 0 saturated carbocycles. The quantitative estimate of drug-likeness (QED) is 0.740. The van der Waals surface area contributed by atoms with Crippen LogP contribution in [0.1, 0.15) is 52.5 Å². The van der Waals surface area contributed by atoms with E-state index in [0.29, 0.717) is 6.54 Å². The van der Waals surface area contributed by atoms with E-state index >= 15 is 0 Å². The molecule has 3 rings (SSSR count). The van der Waals surface area contributed by atoms with E-state index in [4.69, 9.17) is 4.42 Å². The molecule has 5 nitrogen and oxygen atoms in total. The first kappa shape index (κ1) is 18.4. The Morgan fingerprint density at radius 2 is 1.96 bits per heavy atom. The molecule has 1 aliphatic carbocycles. The van der Waals surface area contributed by atoms with Gasteiger partial charge in [-0.3, -0.25) is 14.5 Å². The van der Waals surface area contributed by atoms with Crippen LogP contribution in [0.2, 0.25) is 0 Å². The molecule has 0 saturated heterocycles. The van der Waals surface area contributed by atoms with Gasteiger partial charge >= 0.3 is 0 Å². The normalized spacial score (nSPS) is 14.3. The summed E-state index contributed by atoms with van der Waals surface area (Å²) in [6, 6.07) is 9.66. The SMILES string of the molecule is CN(C)C(CNC(=O)CCC(=O)c1ccc2c(c1)CCC2)c1ccco1. The highest BCUT2D eigenvalue weighted by atomic mass is 16.3. The largest absolute Gasteiger partial charge is 0.468 e. The number of hydrogen-bond donors (Lipinski definition) is 1. The Bertz CT molecular complexity index is 766. The minimum Gasteiger partial charge on any atom is -0.468 e. The minimum absolute atomic E-state index is 0.0265. The number of benzene rings is 1. The molecule has 1 unspecified atom stereocenters. The van der Waals surface area contributed by atoms with Crippen molar-refractivity contribution in [3.05, 3.63) is 59.0 Å². The number of nitrogens with one attached hydrogen (secondary N) is 1. The Balaban J connectivity index is 1.48. The van der Waals surface area contributed by atoms with Gasteiger partial charge < -0.3 is 9.73 Å². The van der Waals surface area contributed by atoms with Crippen LogP contribution in [0, 0.1) is 0 Å². The second-order valence-electron chi connectivity index (χ2n) is 7.06. The van der Waals surface area contributed by atoms with Crippen LogP contribution in [-0.2, 0) is 17.6 Å². The van der Waals surface area contributed by atoms with Crippen LogP contribution in [-0.4, -0.2) is 37.2 Å². The van der Waals surface area contributed by atoms with Gasteiger partial charge in [0.05, 0.1) is 12.3 Å². The van der Waals surface area contributed by atoms with Gasteiger partial charge in [0, 0.05) is 24.9 Å². The summed E-state index contributed by atoms with van der Waals surface area (Å²) in [5.41, 5.74) is 3.36. The topological polar surface area (TPSA) is 62.6 Å². The van der Waals surface area contributed by atoms with Gasteiger partial charge in [-0.2, -0.15) is 0 Å². The average molecular weight is 354 g/mol. The lowest BCUT2D eigenvalue weighted by molar-refractivity contribution is -0.121. The molecule has 1 aromatic heterocycles. The predicted octanol–water partition coefficient (Wildman–Crippen LogP) is 3.15. The monoisotopic (exact) mass is 354 g/mol. The Morgan fingerprint density at radius 3 is 2.69 bits per heavy atom. The van der Waals surface area contributed by atoms with Crippen LogP contribution in [0.15, 0.2) is 41.0 Å². The van der Waals surface area contributed by atoms with Crippen molar-refractivity contribution in [2.45, 2.75) is 38.1 Å². The first-order chi connectivity index (χ1) is 12.5. The van der Waals surface area contributed by atoms with E-state index in [9.17, 15) is 9.59 Å². The number of fused-ring (bicyclic) bond motifs is 1. The lowest BCUT2D eigenvalue weighted by Gasteiger charge is -2.22. The van der Waals surface area contributed by atoms with Crippen molar-refractivity contribution in [3.63, 3.8) is 0 Å². The molecule has 1 N–H and O–H groups in total. The second-order valence-corrected chi connectivity index (χ2v) is 7.06. The van der Waals surface area contributed by atoms with Crippen LogP contribution in [0.4, 0.5) is 0 Å². The van der Waals surface area contributed by atoms with E-state index in [0.717, 1.165) is 30.6 Å². The third-order valence-corrected chi connectivity index (χ3v) is 4.99. The van der Waals surface area contributed by atoms with Crippen molar-refractivity contribution < 1.29 is 14.0 Å². The number of rotatable bonds is 8. The van der Waals surface area contributed by atoms with E-state index in [1.807, 2.05) is 43.3 Å². The van der Waals surface area contributed by atoms with Gasteiger partial charge in [-0.15, -0.1) is 0 Å². The van der Waals surface area contributed by atoms with Gasteiger partial charge in [-0.1, -0.05) is 12.1 Å². The summed E-state index contributed by atoms with van der Waals surface area (Å²) >= 11 is 0. The van der Waals surface area contributed by atoms with Gasteiger partial charge in [0.15, 0.2) is 5.78 Å². The molecule has 0 spiro atoms. The zero-order valence-electron chi connectivity index (χ0n) is 15.5. The lowest BCUT2D eigenvalue weighted by Crippen LogP contribution is -2.34. The highest BCUT2D eigenvalue weighted by Crippen LogP contribution is 2.23. The highest BCUT2D eigenvalue weighted by molar-refractivity contribution is 5.98. The maximum Gasteiger partial charge on any atom is 0.220 e. The Kier molecular flexibility index (Phi) is 5.89. The van der Waals surface area contributed by atoms with E-state index < -0.39 is 0 Å². The number of hydrogen-bond acceptors (Lipinski definition) is 4. The maximum absolute atomic E-state index is 12.4. The zero-order valence-corrected chi connectivity index (χ0v) is 15.5. The van der Waals surface area contributed by atoms with Crippen molar-refractivity contribution in [2.75, 3.05) is 20.6 Å². The van der Waals surface area contributed by atoms with Crippen LogP contribution in [0.3, 0.4) is 0 Å². The number of nitrogens with zero attached hydrogens (tertiary/aromatic N) is 1. The number of carbonyl (C=O) groups excluding carboxylic acids is 2. The molecule has 138 valence electrons. The smallest absolute Gasteiger partial charge is 0.220 e. The van der Waals surface area contributed by atoms with Crippen LogP contribution in [0.5, 0.6) is 0 Å². The molecule has 2 aromatic rings. The number of ketones is 1. The van der Waals surface area contributed by atoms with Crippen molar-refractivity contribution >= 4 is 11.7 Å².